The van der Waals surface area contributed by atoms with E-state index >= 15 is 0 Å². The van der Waals surface area contributed by atoms with Crippen LogP contribution in [0.2, 0.25) is 0 Å². The number of nitrogens with zero attached hydrogens (tertiary/aromatic N) is 1. The maximum absolute atomic E-state index is 10.6. The van der Waals surface area contributed by atoms with Crippen molar-refractivity contribution >= 4 is 21.6 Å². The molecular formula is C15H14BrNO4. The zero-order valence-corrected chi connectivity index (χ0v) is 12.7. The average molecular weight is 352 g/mol. The quantitative estimate of drug-likeness (QED) is 0.638. The largest absolute Gasteiger partial charge is 0.493 e. The van der Waals surface area contributed by atoms with Gasteiger partial charge in [-0.3, -0.25) is 10.1 Å². The average Bonchev–Trinajstić information content (AvgIpc) is 2.49. The van der Waals surface area contributed by atoms with Crippen molar-refractivity contribution in [3.05, 3.63) is 68.2 Å². The summed E-state index contributed by atoms with van der Waals surface area (Å²) in [5.41, 5.74) is 1.82. The molecule has 0 bridgehead atoms. The van der Waals surface area contributed by atoms with Crippen LogP contribution in [-0.2, 0) is 13.0 Å². The van der Waals surface area contributed by atoms with Gasteiger partial charge < -0.3 is 9.84 Å². The number of ether oxygens (including phenoxy) is 1. The van der Waals surface area contributed by atoms with E-state index < -0.39 is 4.92 Å². The molecule has 0 aliphatic heterocycles. The van der Waals surface area contributed by atoms with E-state index in [1.165, 1.54) is 12.1 Å². The highest BCUT2D eigenvalue weighted by Gasteiger charge is 2.05. The fourth-order valence-corrected chi connectivity index (χ4v) is 2.21. The van der Waals surface area contributed by atoms with Gasteiger partial charge in [-0.15, -0.1) is 0 Å². The van der Waals surface area contributed by atoms with Gasteiger partial charge in [-0.1, -0.05) is 28.1 Å². The van der Waals surface area contributed by atoms with Gasteiger partial charge in [-0.2, -0.15) is 0 Å². The van der Waals surface area contributed by atoms with Crippen LogP contribution in [0, 0.1) is 10.1 Å². The number of aliphatic hydroxyl groups is 1. The van der Waals surface area contributed by atoms with Crippen molar-refractivity contribution in [2.45, 2.75) is 13.0 Å². The molecular weight excluding hydrogens is 338 g/mol. The lowest BCUT2D eigenvalue weighted by Gasteiger charge is -2.08. The minimum absolute atomic E-state index is 0.0554. The fourth-order valence-electron chi connectivity index (χ4n) is 1.83. The molecule has 21 heavy (non-hydrogen) atoms. The summed E-state index contributed by atoms with van der Waals surface area (Å²) >= 11 is 3.34. The van der Waals surface area contributed by atoms with Crippen molar-refractivity contribution < 1.29 is 14.8 Å². The van der Waals surface area contributed by atoms with Gasteiger partial charge in [0.1, 0.15) is 5.75 Å². The molecule has 0 fully saturated rings. The molecule has 0 saturated carbocycles. The Morgan fingerprint density at radius 3 is 2.52 bits per heavy atom. The summed E-state index contributed by atoms with van der Waals surface area (Å²) in [4.78, 5) is 10.1. The zero-order valence-electron chi connectivity index (χ0n) is 11.2. The molecule has 5 nitrogen and oxygen atoms in total. The maximum atomic E-state index is 10.6. The third kappa shape index (κ3) is 4.27. The normalized spacial score (nSPS) is 10.4. The van der Waals surface area contributed by atoms with Gasteiger partial charge in [0.2, 0.25) is 0 Å². The van der Waals surface area contributed by atoms with E-state index in [1.807, 2.05) is 12.1 Å². The molecule has 0 unspecified atom stereocenters. The lowest BCUT2D eigenvalue weighted by Crippen LogP contribution is -2.02. The van der Waals surface area contributed by atoms with E-state index in [9.17, 15) is 15.2 Å². The van der Waals surface area contributed by atoms with Crippen LogP contribution in [0.5, 0.6) is 5.75 Å². The Morgan fingerprint density at radius 2 is 1.90 bits per heavy atom. The molecule has 1 N–H and O–H groups in total. The maximum Gasteiger partial charge on any atom is 0.269 e. The molecule has 0 aromatic heterocycles. The molecule has 2 aromatic rings. The topological polar surface area (TPSA) is 72.6 Å². The molecule has 2 rings (SSSR count). The summed E-state index contributed by atoms with van der Waals surface area (Å²) in [6.45, 7) is 0.407. The van der Waals surface area contributed by atoms with Crippen LogP contribution in [-0.4, -0.2) is 16.6 Å². The predicted molar refractivity (Wildman–Crippen MR) is 82.4 cm³/mol. The van der Waals surface area contributed by atoms with E-state index in [1.54, 1.807) is 18.2 Å². The Kier molecular flexibility index (Phi) is 5.30. The monoisotopic (exact) mass is 351 g/mol. The van der Waals surface area contributed by atoms with Crippen molar-refractivity contribution in [1.82, 2.24) is 0 Å². The van der Waals surface area contributed by atoms with Crippen LogP contribution < -0.4 is 4.74 Å². The number of hydrogen-bond donors (Lipinski definition) is 1. The highest BCUT2D eigenvalue weighted by molar-refractivity contribution is 9.10. The number of nitro groups is 1. The SMILES string of the molecule is O=[N+]([O-])c1ccc(CCOc2ccc(Br)c(CO)c2)cc1. The van der Waals surface area contributed by atoms with Crippen LogP contribution in [0.1, 0.15) is 11.1 Å². The second-order valence-electron chi connectivity index (χ2n) is 4.43. The highest BCUT2D eigenvalue weighted by atomic mass is 79.9. The predicted octanol–water partition coefficient (Wildman–Crippen LogP) is 3.47. The molecule has 0 spiro atoms. The number of halogens is 1. The van der Waals surface area contributed by atoms with Gasteiger partial charge in [0.15, 0.2) is 0 Å². The van der Waals surface area contributed by atoms with E-state index in [0.717, 1.165) is 15.6 Å². The van der Waals surface area contributed by atoms with Crippen LogP contribution in [0.4, 0.5) is 5.69 Å². The van der Waals surface area contributed by atoms with Gasteiger partial charge >= 0.3 is 0 Å². The molecule has 110 valence electrons. The third-order valence-corrected chi connectivity index (χ3v) is 3.77. The first-order valence-electron chi connectivity index (χ1n) is 6.35. The van der Waals surface area contributed by atoms with E-state index in [0.29, 0.717) is 18.8 Å². The van der Waals surface area contributed by atoms with Crippen molar-refractivity contribution in [2.24, 2.45) is 0 Å². The van der Waals surface area contributed by atoms with Crippen molar-refractivity contribution in [3.8, 4) is 5.75 Å². The van der Waals surface area contributed by atoms with Crippen LogP contribution in [0.25, 0.3) is 0 Å². The highest BCUT2D eigenvalue weighted by Crippen LogP contribution is 2.22. The van der Waals surface area contributed by atoms with E-state index in [4.69, 9.17) is 4.74 Å². The van der Waals surface area contributed by atoms with Crippen molar-refractivity contribution in [3.63, 3.8) is 0 Å². The Morgan fingerprint density at radius 1 is 1.19 bits per heavy atom. The molecule has 0 aliphatic carbocycles. The second-order valence-corrected chi connectivity index (χ2v) is 5.29. The summed E-state index contributed by atoms with van der Waals surface area (Å²) in [6, 6.07) is 11.8. The first-order valence-corrected chi connectivity index (χ1v) is 7.15. The van der Waals surface area contributed by atoms with E-state index in [2.05, 4.69) is 15.9 Å². The lowest BCUT2D eigenvalue weighted by molar-refractivity contribution is -0.384. The van der Waals surface area contributed by atoms with Gasteiger partial charge in [0, 0.05) is 23.0 Å². The van der Waals surface area contributed by atoms with Gasteiger partial charge in [0.05, 0.1) is 18.1 Å². The van der Waals surface area contributed by atoms with Crippen LogP contribution in [0.15, 0.2) is 46.9 Å². The number of hydrogen-bond acceptors (Lipinski definition) is 4. The van der Waals surface area contributed by atoms with E-state index in [-0.39, 0.29) is 12.3 Å². The number of nitro benzene ring substituents is 1. The standard InChI is InChI=1S/C15H14BrNO4/c16-15-6-5-14(9-12(15)10-18)21-8-7-11-1-3-13(4-2-11)17(19)20/h1-6,9,18H,7-8,10H2. The van der Waals surface area contributed by atoms with Gasteiger partial charge in [0.25, 0.3) is 5.69 Å². The van der Waals surface area contributed by atoms with Gasteiger partial charge in [-0.05, 0) is 29.3 Å². The summed E-state index contributed by atoms with van der Waals surface area (Å²) in [7, 11) is 0. The fraction of sp³-hybridized carbons (Fsp3) is 0.200. The van der Waals surface area contributed by atoms with Gasteiger partial charge in [-0.25, -0.2) is 0 Å². The minimum atomic E-state index is -0.418. The smallest absolute Gasteiger partial charge is 0.269 e. The number of aliphatic hydroxyl groups excluding tert-OH is 1. The number of benzene rings is 2. The Balaban J connectivity index is 1.90. The Hall–Kier alpha value is -1.92. The molecule has 0 radical (unpaired) electrons. The third-order valence-electron chi connectivity index (χ3n) is 2.99. The minimum Gasteiger partial charge on any atom is -0.493 e. The number of non-ortho nitro benzene ring substituents is 1. The van der Waals surface area contributed by atoms with Crippen LogP contribution >= 0.6 is 15.9 Å². The molecule has 0 aliphatic rings. The second kappa shape index (κ2) is 7.19. The molecule has 0 saturated heterocycles. The first kappa shape index (κ1) is 15.5. The molecule has 0 heterocycles. The van der Waals surface area contributed by atoms with Crippen molar-refractivity contribution in [1.29, 1.82) is 0 Å². The summed E-state index contributed by atoms with van der Waals surface area (Å²) < 4.78 is 6.46. The molecule has 0 amide bonds. The molecule has 6 heteroatoms. The Labute approximate surface area is 130 Å². The summed E-state index contributed by atoms with van der Waals surface area (Å²) in [5, 5.41) is 19.7. The lowest BCUT2D eigenvalue weighted by atomic mass is 10.1. The summed E-state index contributed by atoms with van der Waals surface area (Å²) in [5.74, 6) is 0.684. The van der Waals surface area contributed by atoms with Crippen LogP contribution in [0.3, 0.4) is 0 Å². The van der Waals surface area contributed by atoms with Crippen molar-refractivity contribution in [2.75, 3.05) is 6.61 Å². The summed E-state index contributed by atoms with van der Waals surface area (Å²) in [6.07, 6.45) is 0.655. The molecule has 2 aromatic carbocycles. The first-order chi connectivity index (χ1) is 10.1. The zero-order chi connectivity index (χ0) is 15.2. The Bertz CT molecular complexity index is 628. The number of rotatable bonds is 6. The molecule has 0 atom stereocenters.